The number of rotatable bonds is 3. The number of piperidine rings is 1. The first-order valence-electron chi connectivity index (χ1n) is 7.69. The summed E-state index contributed by atoms with van der Waals surface area (Å²) in [5.41, 5.74) is 0.414. The van der Waals surface area contributed by atoms with Crippen LogP contribution in [0.4, 0.5) is 5.69 Å². The van der Waals surface area contributed by atoms with E-state index in [0.29, 0.717) is 24.7 Å². The minimum absolute atomic E-state index is 0.0162. The average molecular weight is 358 g/mol. The molecule has 3 rings (SSSR count). The molecule has 126 valence electrons. The summed E-state index contributed by atoms with van der Waals surface area (Å²) in [4.78, 5) is 11.3. The largest absolute Gasteiger partial charge is 0.325 e. The molecule has 0 unspecified atom stereocenters. The van der Waals surface area contributed by atoms with Crippen molar-refractivity contribution in [3.8, 4) is 0 Å². The second-order valence-electron chi connectivity index (χ2n) is 6.07. The number of fused-ring (bicyclic) bond motifs is 1. The van der Waals surface area contributed by atoms with Gasteiger partial charge in [0.2, 0.25) is 15.9 Å². The van der Waals surface area contributed by atoms with E-state index in [4.69, 9.17) is 11.6 Å². The molecule has 8 heteroatoms. The minimum atomic E-state index is -3.59. The number of sulfonamides is 1. The van der Waals surface area contributed by atoms with Crippen molar-refractivity contribution in [1.29, 1.82) is 0 Å². The Hall–Kier alpha value is -1.15. The third-order valence-corrected chi connectivity index (χ3v) is 6.72. The van der Waals surface area contributed by atoms with Crippen LogP contribution in [-0.4, -0.2) is 44.3 Å². The number of carbonyl (C=O) groups excluding carboxylic acids is 1. The summed E-state index contributed by atoms with van der Waals surface area (Å²) < 4.78 is 27.5. The number of halogens is 1. The molecule has 2 aliphatic heterocycles. The van der Waals surface area contributed by atoms with E-state index in [1.807, 2.05) is 0 Å². The lowest BCUT2D eigenvalue weighted by Gasteiger charge is -2.36. The van der Waals surface area contributed by atoms with Gasteiger partial charge in [0.25, 0.3) is 0 Å². The monoisotopic (exact) mass is 357 g/mol. The molecule has 2 saturated heterocycles. The van der Waals surface area contributed by atoms with E-state index in [1.54, 1.807) is 4.31 Å². The van der Waals surface area contributed by atoms with E-state index in [-0.39, 0.29) is 21.9 Å². The van der Waals surface area contributed by atoms with Gasteiger partial charge < -0.3 is 10.6 Å². The molecule has 6 nitrogen and oxygen atoms in total. The van der Waals surface area contributed by atoms with Gasteiger partial charge >= 0.3 is 0 Å². The number of hydrogen-bond acceptors (Lipinski definition) is 4. The minimum Gasteiger partial charge on any atom is -0.325 e. The predicted molar refractivity (Wildman–Crippen MR) is 89.0 cm³/mol. The average Bonchev–Trinajstić information content (AvgIpc) is 2.97. The van der Waals surface area contributed by atoms with Gasteiger partial charge in [-0.1, -0.05) is 11.6 Å². The molecule has 2 heterocycles. The Balaban J connectivity index is 1.90. The number of nitrogens with one attached hydrogen (secondary N) is 2. The predicted octanol–water partition coefficient (Wildman–Crippen LogP) is 1.67. The van der Waals surface area contributed by atoms with Crippen LogP contribution in [0.2, 0.25) is 5.02 Å². The highest BCUT2D eigenvalue weighted by molar-refractivity contribution is 7.89. The fourth-order valence-electron chi connectivity index (χ4n) is 3.41. The van der Waals surface area contributed by atoms with Gasteiger partial charge in [0.15, 0.2) is 0 Å². The molecule has 2 N–H and O–H groups in total. The Labute approximate surface area is 141 Å². The maximum Gasteiger partial charge on any atom is 0.243 e. The highest BCUT2D eigenvalue weighted by Gasteiger charge is 2.41. The molecule has 1 aromatic rings. The zero-order chi connectivity index (χ0) is 16.6. The van der Waals surface area contributed by atoms with E-state index in [1.165, 1.54) is 25.1 Å². The van der Waals surface area contributed by atoms with Crippen LogP contribution in [0.1, 0.15) is 19.8 Å². The fourth-order valence-corrected chi connectivity index (χ4v) is 5.45. The zero-order valence-electron chi connectivity index (χ0n) is 12.9. The lowest BCUT2D eigenvalue weighted by molar-refractivity contribution is -0.114. The van der Waals surface area contributed by atoms with Crippen molar-refractivity contribution in [2.24, 2.45) is 5.92 Å². The first kappa shape index (κ1) is 16.7. The Bertz CT molecular complexity index is 723. The molecular formula is C15H20ClN3O3S. The highest BCUT2D eigenvalue weighted by Crippen LogP contribution is 2.33. The van der Waals surface area contributed by atoms with Gasteiger partial charge in [0.05, 0.1) is 15.6 Å². The Morgan fingerprint density at radius 1 is 1.39 bits per heavy atom. The maximum absolute atomic E-state index is 13.0. The van der Waals surface area contributed by atoms with Crippen molar-refractivity contribution < 1.29 is 13.2 Å². The Morgan fingerprint density at radius 3 is 2.87 bits per heavy atom. The molecule has 2 atom stereocenters. The smallest absolute Gasteiger partial charge is 0.243 e. The highest BCUT2D eigenvalue weighted by atomic mass is 35.5. The first-order chi connectivity index (χ1) is 10.9. The second-order valence-corrected chi connectivity index (χ2v) is 8.36. The molecule has 2 fully saturated rings. The lowest BCUT2D eigenvalue weighted by atomic mass is 9.94. The van der Waals surface area contributed by atoms with Gasteiger partial charge in [-0.25, -0.2) is 8.42 Å². The molecule has 1 amide bonds. The summed E-state index contributed by atoms with van der Waals surface area (Å²) in [6.07, 6.45) is 1.94. The molecule has 0 saturated carbocycles. The second kappa shape index (κ2) is 6.39. The normalized spacial score (nSPS) is 25.1. The van der Waals surface area contributed by atoms with Gasteiger partial charge in [-0.2, -0.15) is 4.31 Å². The molecule has 2 aliphatic rings. The van der Waals surface area contributed by atoms with Crippen LogP contribution in [0.5, 0.6) is 0 Å². The number of amides is 1. The SMILES string of the molecule is CC(=O)Nc1ccc(S(=O)(=O)N2CCC[C@H]3CNC[C@H]32)cc1Cl. The lowest BCUT2D eigenvalue weighted by Crippen LogP contribution is -2.48. The number of carbonyl (C=O) groups is 1. The molecular weight excluding hydrogens is 338 g/mol. The fraction of sp³-hybridized carbons (Fsp3) is 0.533. The molecule has 23 heavy (non-hydrogen) atoms. The quantitative estimate of drug-likeness (QED) is 0.862. The van der Waals surface area contributed by atoms with Crippen LogP contribution in [0.3, 0.4) is 0 Å². The van der Waals surface area contributed by atoms with Gasteiger partial charge in [-0.15, -0.1) is 0 Å². The van der Waals surface area contributed by atoms with Crippen LogP contribution in [-0.2, 0) is 14.8 Å². The molecule has 0 bridgehead atoms. The summed E-state index contributed by atoms with van der Waals surface area (Å²) in [6, 6.07) is 4.46. The standard InChI is InChI=1S/C15H20ClN3O3S/c1-10(20)18-14-5-4-12(7-13(14)16)23(21,22)19-6-2-3-11-8-17-9-15(11)19/h4-5,7,11,15,17H,2-3,6,8-9H2,1H3,(H,18,20)/t11-,15+/m0/s1. The van der Waals surface area contributed by atoms with Crippen molar-refractivity contribution in [3.05, 3.63) is 23.2 Å². The molecule has 0 aromatic heterocycles. The summed E-state index contributed by atoms with van der Waals surface area (Å²) in [6.45, 7) is 3.48. The van der Waals surface area contributed by atoms with Crippen LogP contribution in [0.25, 0.3) is 0 Å². The van der Waals surface area contributed by atoms with Crippen molar-refractivity contribution in [2.75, 3.05) is 25.0 Å². The van der Waals surface area contributed by atoms with Gasteiger partial charge in [0, 0.05) is 26.1 Å². The van der Waals surface area contributed by atoms with Gasteiger partial charge in [0.1, 0.15) is 0 Å². The number of anilines is 1. The van der Waals surface area contributed by atoms with Crippen LogP contribution in [0, 0.1) is 5.92 Å². The Kier molecular flexibility index (Phi) is 4.64. The van der Waals surface area contributed by atoms with E-state index in [9.17, 15) is 13.2 Å². The summed E-state index contributed by atoms with van der Waals surface area (Å²) in [5, 5.41) is 6.08. The van der Waals surface area contributed by atoms with E-state index in [0.717, 1.165) is 19.4 Å². The summed E-state index contributed by atoms with van der Waals surface area (Å²) in [7, 11) is -3.59. The number of hydrogen-bond donors (Lipinski definition) is 2. The van der Waals surface area contributed by atoms with Crippen LogP contribution in [0.15, 0.2) is 23.1 Å². The molecule has 0 spiro atoms. The summed E-state index contributed by atoms with van der Waals surface area (Å²) >= 11 is 6.12. The van der Waals surface area contributed by atoms with Crippen molar-refractivity contribution in [2.45, 2.75) is 30.7 Å². The van der Waals surface area contributed by atoms with Crippen LogP contribution < -0.4 is 10.6 Å². The third kappa shape index (κ3) is 3.24. The number of nitrogens with zero attached hydrogens (tertiary/aromatic N) is 1. The summed E-state index contributed by atoms with van der Waals surface area (Å²) in [5.74, 6) is 0.131. The maximum atomic E-state index is 13.0. The van der Waals surface area contributed by atoms with Gasteiger partial charge in [-0.05, 0) is 43.5 Å². The molecule has 0 aliphatic carbocycles. The zero-order valence-corrected chi connectivity index (χ0v) is 14.5. The van der Waals surface area contributed by atoms with Crippen molar-refractivity contribution in [3.63, 3.8) is 0 Å². The molecule has 0 radical (unpaired) electrons. The van der Waals surface area contributed by atoms with Gasteiger partial charge in [-0.3, -0.25) is 4.79 Å². The molecule has 1 aromatic carbocycles. The van der Waals surface area contributed by atoms with Crippen molar-refractivity contribution in [1.82, 2.24) is 9.62 Å². The third-order valence-electron chi connectivity index (χ3n) is 4.49. The number of benzene rings is 1. The van der Waals surface area contributed by atoms with Crippen LogP contribution >= 0.6 is 11.6 Å². The van der Waals surface area contributed by atoms with Crippen molar-refractivity contribution >= 4 is 33.2 Å². The van der Waals surface area contributed by atoms with E-state index < -0.39 is 10.0 Å². The van der Waals surface area contributed by atoms with E-state index in [2.05, 4.69) is 10.6 Å². The first-order valence-corrected chi connectivity index (χ1v) is 9.51. The topological polar surface area (TPSA) is 78.5 Å². The van der Waals surface area contributed by atoms with E-state index >= 15 is 0 Å². The Morgan fingerprint density at radius 2 is 2.17 bits per heavy atom.